The second kappa shape index (κ2) is 4.16. The van der Waals surface area contributed by atoms with Gasteiger partial charge in [-0.3, -0.25) is 0 Å². The van der Waals surface area contributed by atoms with E-state index in [0.29, 0.717) is 13.0 Å². The van der Waals surface area contributed by atoms with Gasteiger partial charge in [0.05, 0.1) is 6.54 Å². The number of benzene rings is 1. The Morgan fingerprint density at radius 1 is 1.25 bits per heavy atom. The van der Waals surface area contributed by atoms with Gasteiger partial charge in [-0.15, -0.1) is 0 Å². The molecule has 0 aliphatic rings. The summed E-state index contributed by atoms with van der Waals surface area (Å²) in [7, 11) is 3.49. The van der Waals surface area contributed by atoms with Crippen molar-refractivity contribution in [2.75, 3.05) is 6.54 Å². The van der Waals surface area contributed by atoms with Crippen molar-refractivity contribution in [2.45, 2.75) is 6.42 Å². The molecule has 1 aromatic carbocycles. The zero-order valence-corrected chi connectivity index (χ0v) is 6.69. The minimum atomic E-state index is -0.475. The molecular weight excluding hydrogens is 160 g/mol. The third-order valence-electron chi connectivity index (χ3n) is 1.66. The first kappa shape index (κ1) is 9.13. The van der Waals surface area contributed by atoms with E-state index < -0.39 is 11.6 Å². The molecule has 0 aromatic heterocycles. The van der Waals surface area contributed by atoms with Crippen molar-refractivity contribution >= 4 is 0 Å². The highest BCUT2D eigenvalue weighted by Gasteiger charge is 2.06. The standard InChI is InChI=1S/C9H11F2N/c1-12-6-5-7-8(10)3-2-4-9(7)11/h2-4H,1,5-6,12H2. The van der Waals surface area contributed by atoms with Gasteiger partial charge in [0, 0.05) is 12.0 Å². The first-order chi connectivity index (χ1) is 5.75. The zero-order valence-electron chi connectivity index (χ0n) is 6.69. The highest BCUT2D eigenvalue weighted by Crippen LogP contribution is 2.11. The minimum Gasteiger partial charge on any atom is -0.479 e. The molecule has 0 heterocycles. The molecule has 0 saturated heterocycles. The van der Waals surface area contributed by atoms with Gasteiger partial charge in [0.15, 0.2) is 0 Å². The molecule has 0 spiro atoms. The van der Waals surface area contributed by atoms with E-state index in [0.717, 1.165) is 0 Å². The van der Waals surface area contributed by atoms with Crippen molar-refractivity contribution in [2.24, 2.45) is 0 Å². The maximum absolute atomic E-state index is 12.9. The second-order valence-electron chi connectivity index (χ2n) is 2.53. The van der Waals surface area contributed by atoms with E-state index in [-0.39, 0.29) is 5.56 Å². The van der Waals surface area contributed by atoms with Crippen LogP contribution in [0.25, 0.3) is 0 Å². The van der Waals surface area contributed by atoms with Crippen molar-refractivity contribution in [3.63, 3.8) is 0 Å². The van der Waals surface area contributed by atoms with E-state index >= 15 is 0 Å². The quantitative estimate of drug-likeness (QED) is 0.650. The molecule has 0 amide bonds. The summed E-state index contributed by atoms with van der Waals surface area (Å²) in [6.45, 7) is 0.595. The number of nitrogens with two attached hydrogens (primary N) is 1. The topological polar surface area (TPSA) is 16.6 Å². The predicted octanol–water partition coefficient (Wildman–Crippen LogP) is 0.862. The van der Waals surface area contributed by atoms with Gasteiger partial charge < -0.3 is 5.32 Å². The molecular formula is C9H11F2N. The second-order valence-corrected chi connectivity index (χ2v) is 2.53. The number of hydrogen-bond donors (Lipinski definition) is 1. The summed E-state index contributed by atoms with van der Waals surface area (Å²) in [6, 6.07) is 3.89. The third-order valence-corrected chi connectivity index (χ3v) is 1.66. The molecule has 0 radical (unpaired) electrons. The molecule has 3 heteroatoms. The first-order valence-corrected chi connectivity index (χ1v) is 3.79. The largest absolute Gasteiger partial charge is 0.479 e. The van der Waals surface area contributed by atoms with Crippen molar-refractivity contribution in [3.8, 4) is 0 Å². The number of quaternary nitrogens is 1. The molecule has 0 atom stereocenters. The minimum absolute atomic E-state index is 0.150. The molecule has 1 nitrogen and oxygen atoms in total. The van der Waals surface area contributed by atoms with Crippen LogP contribution in [0.2, 0.25) is 0 Å². The van der Waals surface area contributed by atoms with Crippen LogP contribution in [0, 0.1) is 18.7 Å². The molecule has 0 fully saturated rings. The summed E-state index contributed by atoms with van der Waals surface area (Å²) in [6.07, 6.45) is 0.377. The Morgan fingerprint density at radius 3 is 2.33 bits per heavy atom. The summed E-state index contributed by atoms with van der Waals surface area (Å²) in [5, 5.41) is 1.64. The lowest BCUT2D eigenvalue weighted by Gasteiger charge is -2.03. The maximum Gasteiger partial charge on any atom is 0.129 e. The molecule has 0 bridgehead atoms. The Hall–Kier alpha value is -0.960. The smallest absolute Gasteiger partial charge is 0.129 e. The summed E-state index contributed by atoms with van der Waals surface area (Å²) in [5.74, 6) is -0.950. The van der Waals surface area contributed by atoms with Crippen LogP contribution in [-0.2, 0) is 6.42 Å². The lowest BCUT2D eigenvalue weighted by atomic mass is 10.1. The van der Waals surface area contributed by atoms with Gasteiger partial charge in [-0.2, -0.15) is 7.05 Å². The van der Waals surface area contributed by atoms with Gasteiger partial charge in [0.25, 0.3) is 0 Å². The molecule has 2 N–H and O–H groups in total. The summed E-state index contributed by atoms with van der Waals surface area (Å²) in [5.41, 5.74) is 0.150. The van der Waals surface area contributed by atoms with Gasteiger partial charge in [-0.05, 0) is 12.1 Å². The zero-order chi connectivity index (χ0) is 8.97. The van der Waals surface area contributed by atoms with Gasteiger partial charge in [0.1, 0.15) is 11.6 Å². The Morgan fingerprint density at radius 2 is 1.83 bits per heavy atom. The van der Waals surface area contributed by atoms with Crippen LogP contribution >= 0.6 is 0 Å². The third kappa shape index (κ3) is 2.01. The predicted molar refractivity (Wildman–Crippen MR) is 42.2 cm³/mol. The Balaban J connectivity index is 2.81. The van der Waals surface area contributed by atoms with Gasteiger partial charge in [-0.25, -0.2) is 8.78 Å². The van der Waals surface area contributed by atoms with E-state index in [4.69, 9.17) is 0 Å². The molecule has 0 aliphatic carbocycles. The van der Waals surface area contributed by atoms with Gasteiger partial charge >= 0.3 is 0 Å². The van der Waals surface area contributed by atoms with Crippen molar-refractivity contribution in [1.29, 1.82) is 0 Å². The van der Waals surface area contributed by atoms with E-state index in [1.807, 2.05) is 0 Å². The van der Waals surface area contributed by atoms with E-state index in [1.54, 1.807) is 5.32 Å². The SMILES string of the molecule is [CH2-][NH2+]CCc1c(F)cccc1F. The van der Waals surface area contributed by atoms with E-state index in [9.17, 15) is 8.78 Å². The molecule has 12 heavy (non-hydrogen) atoms. The Labute approximate surface area is 70.4 Å². The molecule has 0 aliphatic heterocycles. The van der Waals surface area contributed by atoms with E-state index in [2.05, 4.69) is 7.05 Å². The highest BCUT2D eigenvalue weighted by molar-refractivity contribution is 5.19. The normalized spacial score (nSPS) is 10.2. The molecule has 0 saturated carbocycles. The fourth-order valence-corrected chi connectivity index (χ4v) is 1.02. The highest BCUT2D eigenvalue weighted by atomic mass is 19.1. The van der Waals surface area contributed by atoms with Crippen molar-refractivity contribution in [3.05, 3.63) is 42.4 Å². The summed E-state index contributed by atoms with van der Waals surface area (Å²) in [4.78, 5) is 0. The average Bonchev–Trinajstić information content (AvgIpc) is 2.04. The maximum atomic E-state index is 12.9. The fraction of sp³-hybridized carbons (Fsp3) is 0.222. The van der Waals surface area contributed by atoms with Crippen LogP contribution in [0.1, 0.15) is 5.56 Å². The van der Waals surface area contributed by atoms with Crippen LogP contribution in [0.15, 0.2) is 18.2 Å². The first-order valence-electron chi connectivity index (χ1n) is 3.79. The lowest BCUT2D eigenvalue weighted by molar-refractivity contribution is -0.595. The monoisotopic (exact) mass is 171 g/mol. The number of halogens is 2. The summed E-state index contributed by atoms with van der Waals surface area (Å²) < 4.78 is 25.8. The summed E-state index contributed by atoms with van der Waals surface area (Å²) >= 11 is 0. The van der Waals surface area contributed by atoms with E-state index in [1.165, 1.54) is 18.2 Å². The molecule has 66 valence electrons. The van der Waals surface area contributed by atoms with Gasteiger partial charge in [0.2, 0.25) is 0 Å². The van der Waals surface area contributed by atoms with Crippen LogP contribution in [0.4, 0.5) is 8.78 Å². The average molecular weight is 171 g/mol. The number of hydrogen-bond acceptors (Lipinski definition) is 0. The number of rotatable bonds is 3. The van der Waals surface area contributed by atoms with Crippen LogP contribution in [0.3, 0.4) is 0 Å². The van der Waals surface area contributed by atoms with Crippen LogP contribution < -0.4 is 5.32 Å². The molecule has 0 unspecified atom stereocenters. The molecule has 1 aromatic rings. The molecule has 1 rings (SSSR count). The Kier molecular flexibility index (Phi) is 3.17. The lowest BCUT2D eigenvalue weighted by Crippen LogP contribution is -2.77. The Bertz CT molecular complexity index is 240. The fourth-order valence-electron chi connectivity index (χ4n) is 1.02. The van der Waals surface area contributed by atoms with Crippen LogP contribution in [0.5, 0.6) is 0 Å². The van der Waals surface area contributed by atoms with Gasteiger partial charge in [-0.1, -0.05) is 6.07 Å². The van der Waals surface area contributed by atoms with Crippen molar-refractivity contribution < 1.29 is 14.1 Å². The van der Waals surface area contributed by atoms with Crippen LogP contribution in [-0.4, -0.2) is 6.54 Å². The van der Waals surface area contributed by atoms with Crippen molar-refractivity contribution in [1.82, 2.24) is 0 Å².